The number of benzene rings is 1. The Morgan fingerprint density at radius 2 is 2.11 bits per heavy atom. The molecule has 0 fully saturated rings. The first-order valence-corrected chi connectivity index (χ1v) is 6.24. The van der Waals surface area contributed by atoms with Gasteiger partial charge in [0.1, 0.15) is 0 Å². The van der Waals surface area contributed by atoms with Crippen molar-refractivity contribution in [2.75, 3.05) is 32.6 Å². The molecular formula is C14H22N2O2. The van der Waals surface area contributed by atoms with Crippen molar-refractivity contribution < 1.29 is 9.53 Å². The zero-order valence-corrected chi connectivity index (χ0v) is 11.4. The lowest BCUT2D eigenvalue weighted by atomic mass is 10.1. The summed E-state index contributed by atoms with van der Waals surface area (Å²) in [6, 6.07) is 5.73. The lowest BCUT2D eigenvalue weighted by Crippen LogP contribution is -2.25. The van der Waals surface area contributed by atoms with Gasteiger partial charge in [0.05, 0.1) is 0 Å². The van der Waals surface area contributed by atoms with E-state index < -0.39 is 0 Å². The second-order valence-corrected chi connectivity index (χ2v) is 4.24. The highest BCUT2D eigenvalue weighted by molar-refractivity contribution is 5.96. The van der Waals surface area contributed by atoms with Crippen LogP contribution in [-0.2, 0) is 4.74 Å². The van der Waals surface area contributed by atoms with E-state index in [1.807, 2.05) is 32.2 Å². The summed E-state index contributed by atoms with van der Waals surface area (Å²) in [6.07, 6.45) is 1.90. The van der Waals surface area contributed by atoms with Crippen LogP contribution < -0.4 is 10.6 Å². The van der Waals surface area contributed by atoms with Gasteiger partial charge in [-0.1, -0.05) is 0 Å². The fourth-order valence-corrected chi connectivity index (χ4v) is 1.74. The van der Waals surface area contributed by atoms with Gasteiger partial charge in [0.15, 0.2) is 0 Å². The summed E-state index contributed by atoms with van der Waals surface area (Å²) in [6.45, 7) is 3.38. The zero-order chi connectivity index (χ0) is 13.4. The van der Waals surface area contributed by atoms with Crippen LogP contribution in [-0.4, -0.2) is 33.2 Å². The average molecular weight is 250 g/mol. The number of carbonyl (C=O) groups is 1. The highest BCUT2D eigenvalue weighted by Gasteiger charge is 2.08. The number of methoxy groups -OCH3 is 1. The van der Waals surface area contributed by atoms with Crippen molar-refractivity contribution in [1.29, 1.82) is 0 Å². The lowest BCUT2D eigenvalue weighted by molar-refractivity contribution is 0.0951. The van der Waals surface area contributed by atoms with Crippen LogP contribution in [0.3, 0.4) is 0 Å². The number of ether oxygens (including phenoxy) is 1. The highest BCUT2D eigenvalue weighted by Crippen LogP contribution is 2.14. The third kappa shape index (κ3) is 4.37. The van der Waals surface area contributed by atoms with E-state index in [-0.39, 0.29) is 5.91 Å². The smallest absolute Gasteiger partial charge is 0.251 e. The maximum absolute atomic E-state index is 11.9. The van der Waals surface area contributed by atoms with E-state index in [9.17, 15) is 4.79 Å². The maximum atomic E-state index is 11.9. The second-order valence-electron chi connectivity index (χ2n) is 4.24. The van der Waals surface area contributed by atoms with E-state index in [0.717, 1.165) is 36.3 Å². The van der Waals surface area contributed by atoms with Crippen LogP contribution in [0.2, 0.25) is 0 Å². The number of amides is 1. The molecule has 0 aromatic heterocycles. The third-order valence-electron chi connectivity index (χ3n) is 2.82. The van der Waals surface area contributed by atoms with Crippen LogP contribution in [0.4, 0.5) is 5.69 Å². The molecule has 0 atom stereocenters. The summed E-state index contributed by atoms with van der Waals surface area (Å²) in [5, 5.41) is 5.98. The van der Waals surface area contributed by atoms with Crippen molar-refractivity contribution in [3.05, 3.63) is 29.3 Å². The molecule has 4 nitrogen and oxygen atoms in total. The summed E-state index contributed by atoms with van der Waals surface area (Å²) in [5.41, 5.74) is 2.74. The summed E-state index contributed by atoms with van der Waals surface area (Å²) in [4.78, 5) is 11.9. The number of anilines is 1. The summed E-state index contributed by atoms with van der Waals surface area (Å²) in [5.74, 6) is -0.00688. The number of carbonyl (C=O) groups excluding carboxylic acids is 1. The van der Waals surface area contributed by atoms with E-state index >= 15 is 0 Å². The molecule has 0 saturated heterocycles. The molecule has 1 rings (SSSR count). The minimum atomic E-state index is -0.00688. The quantitative estimate of drug-likeness (QED) is 0.729. The first-order valence-electron chi connectivity index (χ1n) is 6.24. The van der Waals surface area contributed by atoms with E-state index in [4.69, 9.17) is 4.74 Å². The Kier molecular flexibility index (Phi) is 6.22. The van der Waals surface area contributed by atoms with Gasteiger partial charge >= 0.3 is 0 Å². The number of aryl methyl sites for hydroxylation is 1. The maximum Gasteiger partial charge on any atom is 0.251 e. The zero-order valence-electron chi connectivity index (χ0n) is 11.4. The Bertz CT molecular complexity index is 391. The second kappa shape index (κ2) is 7.71. The topological polar surface area (TPSA) is 50.4 Å². The van der Waals surface area contributed by atoms with Gasteiger partial charge in [0.2, 0.25) is 0 Å². The molecule has 100 valence electrons. The van der Waals surface area contributed by atoms with Crippen LogP contribution in [0.5, 0.6) is 0 Å². The molecule has 0 saturated carbocycles. The van der Waals surface area contributed by atoms with Crippen LogP contribution in [0.15, 0.2) is 18.2 Å². The van der Waals surface area contributed by atoms with Crippen molar-refractivity contribution in [3.63, 3.8) is 0 Å². The van der Waals surface area contributed by atoms with Gasteiger partial charge in [0, 0.05) is 38.6 Å². The average Bonchev–Trinajstić information content (AvgIpc) is 2.38. The monoisotopic (exact) mass is 250 g/mol. The molecule has 0 heterocycles. The van der Waals surface area contributed by atoms with Crippen molar-refractivity contribution in [1.82, 2.24) is 5.32 Å². The predicted molar refractivity (Wildman–Crippen MR) is 74.2 cm³/mol. The van der Waals surface area contributed by atoms with Gasteiger partial charge in [-0.2, -0.15) is 0 Å². The SMILES string of the molecule is CNc1ccc(C(=O)NCCCCOC)c(C)c1. The standard InChI is InChI=1S/C14H22N2O2/c1-11-10-12(15-2)6-7-13(11)14(17)16-8-4-5-9-18-3/h6-7,10,15H,4-5,8-9H2,1-3H3,(H,16,17). The highest BCUT2D eigenvalue weighted by atomic mass is 16.5. The molecule has 0 bridgehead atoms. The normalized spacial score (nSPS) is 10.2. The van der Waals surface area contributed by atoms with Gasteiger partial charge in [-0.15, -0.1) is 0 Å². The van der Waals surface area contributed by atoms with Gasteiger partial charge < -0.3 is 15.4 Å². The number of hydrogen-bond donors (Lipinski definition) is 2. The molecule has 0 spiro atoms. The van der Waals surface area contributed by atoms with Crippen molar-refractivity contribution in [3.8, 4) is 0 Å². The molecule has 1 aromatic rings. The predicted octanol–water partition coefficient (Wildman–Crippen LogP) is 2.19. The van der Waals surface area contributed by atoms with Gasteiger partial charge in [-0.25, -0.2) is 0 Å². The Hall–Kier alpha value is -1.55. The van der Waals surface area contributed by atoms with E-state index in [1.54, 1.807) is 7.11 Å². The number of rotatable bonds is 7. The largest absolute Gasteiger partial charge is 0.388 e. The van der Waals surface area contributed by atoms with Crippen LogP contribution in [0, 0.1) is 6.92 Å². The molecule has 0 aliphatic carbocycles. The van der Waals surface area contributed by atoms with E-state index in [2.05, 4.69) is 10.6 Å². The number of unbranched alkanes of at least 4 members (excludes halogenated alkanes) is 1. The molecule has 4 heteroatoms. The summed E-state index contributed by atoms with van der Waals surface area (Å²) < 4.78 is 4.96. The van der Waals surface area contributed by atoms with Crippen molar-refractivity contribution >= 4 is 11.6 Å². The van der Waals surface area contributed by atoms with Gasteiger partial charge in [-0.05, 0) is 43.5 Å². The van der Waals surface area contributed by atoms with Crippen LogP contribution >= 0.6 is 0 Å². The third-order valence-corrected chi connectivity index (χ3v) is 2.82. The lowest BCUT2D eigenvalue weighted by Gasteiger charge is -2.09. The first kappa shape index (κ1) is 14.5. The van der Waals surface area contributed by atoms with Gasteiger partial charge in [0.25, 0.3) is 5.91 Å². The van der Waals surface area contributed by atoms with Crippen LogP contribution in [0.1, 0.15) is 28.8 Å². The Morgan fingerprint density at radius 3 is 2.72 bits per heavy atom. The molecular weight excluding hydrogens is 228 g/mol. The number of hydrogen-bond acceptors (Lipinski definition) is 3. The minimum absolute atomic E-state index is 0.00688. The molecule has 0 radical (unpaired) electrons. The molecule has 1 aromatic carbocycles. The van der Waals surface area contributed by atoms with Gasteiger partial charge in [-0.3, -0.25) is 4.79 Å². The van der Waals surface area contributed by atoms with Crippen LogP contribution in [0.25, 0.3) is 0 Å². The molecule has 2 N–H and O–H groups in total. The Morgan fingerprint density at radius 1 is 1.33 bits per heavy atom. The first-order chi connectivity index (χ1) is 8.69. The fourth-order valence-electron chi connectivity index (χ4n) is 1.74. The Balaban J connectivity index is 2.46. The van der Waals surface area contributed by atoms with Crippen molar-refractivity contribution in [2.24, 2.45) is 0 Å². The summed E-state index contributed by atoms with van der Waals surface area (Å²) >= 11 is 0. The Labute approximate surface area is 109 Å². The molecule has 0 aliphatic heterocycles. The van der Waals surface area contributed by atoms with E-state index in [0.29, 0.717) is 6.54 Å². The molecule has 1 amide bonds. The molecule has 18 heavy (non-hydrogen) atoms. The molecule has 0 unspecified atom stereocenters. The number of nitrogens with one attached hydrogen (secondary N) is 2. The van der Waals surface area contributed by atoms with E-state index in [1.165, 1.54) is 0 Å². The fraction of sp³-hybridized carbons (Fsp3) is 0.500. The molecule has 0 aliphatic rings. The summed E-state index contributed by atoms with van der Waals surface area (Å²) in [7, 11) is 3.55. The van der Waals surface area contributed by atoms with Crippen molar-refractivity contribution in [2.45, 2.75) is 19.8 Å². The minimum Gasteiger partial charge on any atom is -0.388 e.